The number of hydrazone groups is 1. The van der Waals surface area contributed by atoms with Gasteiger partial charge in [-0.15, -0.1) is 10.2 Å². The van der Waals surface area contributed by atoms with Crippen LogP contribution < -0.4 is 14.9 Å². The highest BCUT2D eigenvalue weighted by Gasteiger charge is 2.15. The SMILES string of the molecule is CCn1c(SCC(=O)NN=C(C)c2ccc(OC)c(OC)c2)nnc1-c1ccc(Cl)cc1. The fourth-order valence-electron chi connectivity index (χ4n) is 2.93. The number of nitrogens with zero attached hydrogens (tertiary/aromatic N) is 4. The van der Waals surface area contributed by atoms with Crippen molar-refractivity contribution < 1.29 is 14.3 Å². The van der Waals surface area contributed by atoms with Crippen LogP contribution in [0.2, 0.25) is 5.02 Å². The Morgan fingerprint density at radius 2 is 1.84 bits per heavy atom. The summed E-state index contributed by atoms with van der Waals surface area (Å²) in [5.74, 6) is 1.86. The van der Waals surface area contributed by atoms with Gasteiger partial charge < -0.3 is 14.0 Å². The molecular formula is C22H24ClN5O3S. The fraction of sp³-hybridized carbons (Fsp3) is 0.273. The predicted molar refractivity (Wildman–Crippen MR) is 127 cm³/mol. The minimum Gasteiger partial charge on any atom is -0.493 e. The molecule has 1 N–H and O–H groups in total. The van der Waals surface area contributed by atoms with E-state index in [4.69, 9.17) is 21.1 Å². The third-order valence-electron chi connectivity index (χ3n) is 4.62. The van der Waals surface area contributed by atoms with Gasteiger partial charge in [-0.25, -0.2) is 5.43 Å². The molecule has 0 unspecified atom stereocenters. The van der Waals surface area contributed by atoms with Gasteiger partial charge in [-0.1, -0.05) is 23.4 Å². The summed E-state index contributed by atoms with van der Waals surface area (Å²) in [7, 11) is 3.15. The van der Waals surface area contributed by atoms with E-state index in [1.54, 1.807) is 33.3 Å². The zero-order chi connectivity index (χ0) is 23.1. The standard InChI is InChI=1S/C22H24ClN5O3S/c1-5-28-21(15-6-9-17(23)10-7-15)26-27-22(28)32-13-20(29)25-24-14(2)16-8-11-18(30-3)19(12-16)31-4/h6-12H,5,13H2,1-4H3,(H,25,29). The quantitative estimate of drug-likeness (QED) is 0.283. The highest BCUT2D eigenvalue weighted by Crippen LogP contribution is 2.28. The molecule has 3 aromatic rings. The number of carbonyl (C=O) groups is 1. The summed E-state index contributed by atoms with van der Waals surface area (Å²) in [6.07, 6.45) is 0. The summed E-state index contributed by atoms with van der Waals surface area (Å²) >= 11 is 7.27. The third kappa shape index (κ3) is 5.60. The van der Waals surface area contributed by atoms with Gasteiger partial charge in [0.15, 0.2) is 22.5 Å². The maximum absolute atomic E-state index is 12.3. The molecule has 0 atom stereocenters. The molecule has 0 spiro atoms. The third-order valence-corrected chi connectivity index (χ3v) is 5.84. The Balaban J connectivity index is 1.63. The van der Waals surface area contributed by atoms with Crippen LogP contribution in [0.3, 0.4) is 0 Å². The van der Waals surface area contributed by atoms with Gasteiger partial charge in [0.05, 0.1) is 25.7 Å². The lowest BCUT2D eigenvalue weighted by atomic mass is 10.1. The number of benzene rings is 2. The normalized spacial score (nSPS) is 11.3. The summed E-state index contributed by atoms with van der Waals surface area (Å²) in [6, 6.07) is 12.9. The van der Waals surface area contributed by atoms with Gasteiger partial charge in [0.1, 0.15) is 0 Å². The Kier molecular flexibility index (Phi) is 8.13. The molecule has 0 aliphatic carbocycles. The number of ether oxygens (including phenoxy) is 2. The molecule has 1 amide bonds. The van der Waals surface area contributed by atoms with Crippen molar-refractivity contribution in [2.24, 2.45) is 5.10 Å². The lowest BCUT2D eigenvalue weighted by Crippen LogP contribution is -2.21. The molecule has 1 aromatic heterocycles. The second kappa shape index (κ2) is 11.0. The maximum Gasteiger partial charge on any atom is 0.250 e. The van der Waals surface area contributed by atoms with Gasteiger partial charge in [-0.2, -0.15) is 5.10 Å². The highest BCUT2D eigenvalue weighted by molar-refractivity contribution is 7.99. The van der Waals surface area contributed by atoms with Crippen molar-refractivity contribution in [3.05, 3.63) is 53.1 Å². The number of rotatable bonds is 9. The topological polar surface area (TPSA) is 90.6 Å². The number of nitrogens with one attached hydrogen (secondary N) is 1. The molecule has 0 aliphatic heterocycles. The molecule has 3 rings (SSSR count). The van der Waals surface area contributed by atoms with E-state index >= 15 is 0 Å². The summed E-state index contributed by atoms with van der Waals surface area (Å²) in [6.45, 7) is 4.48. The number of methoxy groups -OCH3 is 2. The summed E-state index contributed by atoms with van der Waals surface area (Å²) in [4.78, 5) is 12.3. The van der Waals surface area contributed by atoms with E-state index in [9.17, 15) is 4.79 Å². The first-order valence-electron chi connectivity index (χ1n) is 9.84. The van der Waals surface area contributed by atoms with E-state index < -0.39 is 0 Å². The zero-order valence-corrected chi connectivity index (χ0v) is 19.8. The molecule has 0 bridgehead atoms. The number of thioether (sulfide) groups is 1. The van der Waals surface area contributed by atoms with Crippen molar-refractivity contribution in [2.75, 3.05) is 20.0 Å². The average molecular weight is 474 g/mol. The van der Waals surface area contributed by atoms with Crippen LogP contribution in [0.15, 0.2) is 52.7 Å². The molecule has 0 radical (unpaired) electrons. The molecule has 168 valence electrons. The first-order valence-corrected chi connectivity index (χ1v) is 11.2. The maximum atomic E-state index is 12.3. The molecule has 1 heterocycles. The second-order valence-corrected chi connectivity index (χ2v) is 8.03. The Morgan fingerprint density at radius 3 is 2.50 bits per heavy atom. The van der Waals surface area contributed by atoms with Crippen LogP contribution in [0.25, 0.3) is 11.4 Å². The molecule has 32 heavy (non-hydrogen) atoms. The highest BCUT2D eigenvalue weighted by atomic mass is 35.5. The van der Waals surface area contributed by atoms with Gasteiger partial charge in [0.2, 0.25) is 0 Å². The van der Waals surface area contributed by atoms with Crippen LogP contribution in [-0.2, 0) is 11.3 Å². The van der Waals surface area contributed by atoms with Gasteiger partial charge in [-0.05, 0) is 56.3 Å². The average Bonchev–Trinajstić information content (AvgIpc) is 3.24. The van der Waals surface area contributed by atoms with Crippen molar-refractivity contribution in [3.63, 3.8) is 0 Å². The largest absolute Gasteiger partial charge is 0.493 e. The number of amides is 1. The molecule has 10 heteroatoms. The van der Waals surface area contributed by atoms with Gasteiger partial charge in [0.25, 0.3) is 5.91 Å². The first-order chi connectivity index (χ1) is 15.5. The summed E-state index contributed by atoms with van der Waals surface area (Å²) < 4.78 is 12.5. The van der Waals surface area contributed by atoms with Crippen molar-refractivity contribution in [3.8, 4) is 22.9 Å². The minimum absolute atomic E-state index is 0.154. The number of carbonyl (C=O) groups excluding carboxylic acids is 1. The number of hydrogen-bond acceptors (Lipinski definition) is 7. The van der Waals surface area contributed by atoms with Crippen molar-refractivity contribution in [2.45, 2.75) is 25.5 Å². The smallest absolute Gasteiger partial charge is 0.250 e. The van der Waals surface area contributed by atoms with E-state index in [0.717, 1.165) is 17.0 Å². The Bertz CT molecular complexity index is 1120. The molecule has 0 aliphatic rings. The van der Waals surface area contributed by atoms with Crippen LogP contribution in [0.5, 0.6) is 11.5 Å². The number of hydrogen-bond donors (Lipinski definition) is 1. The summed E-state index contributed by atoms with van der Waals surface area (Å²) in [5, 5.41) is 14.0. The van der Waals surface area contributed by atoms with Gasteiger partial charge in [-0.3, -0.25) is 4.79 Å². The molecule has 0 saturated heterocycles. The van der Waals surface area contributed by atoms with Gasteiger partial charge in [0, 0.05) is 22.7 Å². The zero-order valence-electron chi connectivity index (χ0n) is 18.3. The molecule has 0 saturated carbocycles. The number of halogens is 1. The van der Waals surface area contributed by atoms with Crippen LogP contribution in [0.1, 0.15) is 19.4 Å². The second-order valence-electron chi connectivity index (χ2n) is 6.65. The van der Waals surface area contributed by atoms with Gasteiger partial charge >= 0.3 is 0 Å². The summed E-state index contributed by atoms with van der Waals surface area (Å²) in [5.41, 5.74) is 4.95. The Labute approximate surface area is 196 Å². The van der Waals surface area contributed by atoms with E-state index in [0.29, 0.717) is 33.9 Å². The molecular weight excluding hydrogens is 450 g/mol. The van der Waals surface area contributed by atoms with Crippen LogP contribution in [0.4, 0.5) is 0 Å². The van der Waals surface area contributed by atoms with Crippen LogP contribution in [-0.4, -0.2) is 46.4 Å². The van der Waals surface area contributed by atoms with Crippen molar-refractivity contribution in [1.82, 2.24) is 20.2 Å². The lowest BCUT2D eigenvalue weighted by Gasteiger charge is -2.09. The minimum atomic E-state index is -0.242. The Hall–Kier alpha value is -3.04. The van der Waals surface area contributed by atoms with E-state index in [1.807, 2.05) is 41.8 Å². The first kappa shape index (κ1) is 23.6. The van der Waals surface area contributed by atoms with Crippen LogP contribution >= 0.6 is 23.4 Å². The Morgan fingerprint density at radius 1 is 1.12 bits per heavy atom. The van der Waals surface area contributed by atoms with E-state index in [-0.39, 0.29) is 11.7 Å². The fourth-order valence-corrected chi connectivity index (χ4v) is 3.85. The van der Waals surface area contributed by atoms with E-state index in [2.05, 4.69) is 20.7 Å². The van der Waals surface area contributed by atoms with Crippen molar-refractivity contribution >= 4 is 35.0 Å². The van der Waals surface area contributed by atoms with Crippen molar-refractivity contribution in [1.29, 1.82) is 0 Å². The predicted octanol–water partition coefficient (Wildman–Crippen LogP) is 4.27. The van der Waals surface area contributed by atoms with Crippen LogP contribution in [0, 0.1) is 0 Å². The molecule has 0 fully saturated rings. The number of aromatic nitrogens is 3. The van der Waals surface area contributed by atoms with E-state index in [1.165, 1.54) is 11.8 Å². The molecule has 2 aromatic carbocycles. The lowest BCUT2D eigenvalue weighted by molar-refractivity contribution is -0.118. The monoisotopic (exact) mass is 473 g/mol. The molecule has 8 nitrogen and oxygen atoms in total.